The van der Waals surface area contributed by atoms with Crippen LogP contribution < -0.4 is 15.8 Å². The van der Waals surface area contributed by atoms with Crippen molar-refractivity contribution in [3.8, 4) is 5.75 Å². The number of anilines is 2. The molecule has 0 atom stereocenters. The molecule has 0 aliphatic carbocycles. The summed E-state index contributed by atoms with van der Waals surface area (Å²) >= 11 is 0. The summed E-state index contributed by atoms with van der Waals surface area (Å²) in [6.45, 7) is 0. The summed E-state index contributed by atoms with van der Waals surface area (Å²) in [5.41, 5.74) is 5.48. The molecule has 0 saturated carbocycles. The van der Waals surface area contributed by atoms with Crippen LogP contribution >= 0.6 is 0 Å². The Morgan fingerprint density at radius 3 is 2.70 bits per heavy atom. The number of aromatic nitrogens is 1. The molecule has 2 aromatic rings. The van der Waals surface area contributed by atoms with Crippen LogP contribution in [0.15, 0.2) is 35.2 Å². The fraction of sp³-hybridized carbons (Fsp3) is 0.0909. The van der Waals surface area contributed by atoms with Crippen molar-refractivity contribution in [3.05, 3.63) is 36.2 Å². The summed E-state index contributed by atoms with van der Waals surface area (Å²) in [6.07, 6.45) is -2.38. The van der Waals surface area contributed by atoms with Gasteiger partial charge in [-0.3, -0.25) is 4.79 Å². The normalized spacial score (nSPS) is 11.2. The molecule has 9 heteroatoms. The molecule has 0 aliphatic heterocycles. The largest absolute Gasteiger partial charge is 0.573 e. The molecule has 6 nitrogen and oxygen atoms in total. The Hall–Kier alpha value is -2.71. The van der Waals surface area contributed by atoms with Crippen LogP contribution in [-0.4, -0.2) is 17.4 Å². The quantitative estimate of drug-likeness (QED) is 0.846. The van der Waals surface area contributed by atoms with E-state index in [-0.39, 0.29) is 11.3 Å². The van der Waals surface area contributed by atoms with E-state index in [2.05, 4.69) is 19.7 Å². The van der Waals surface area contributed by atoms with Crippen LogP contribution in [0.2, 0.25) is 0 Å². The molecular weight excluding hydrogens is 279 g/mol. The summed E-state index contributed by atoms with van der Waals surface area (Å²) in [7, 11) is 0. The van der Waals surface area contributed by atoms with Gasteiger partial charge in [-0.25, -0.2) is 0 Å². The zero-order valence-corrected chi connectivity index (χ0v) is 9.77. The second kappa shape index (κ2) is 5.11. The van der Waals surface area contributed by atoms with Crippen LogP contribution in [0.4, 0.5) is 24.5 Å². The van der Waals surface area contributed by atoms with Gasteiger partial charge in [-0.15, -0.1) is 13.2 Å². The van der Waals surface area contributed by atoms with Crippen LogP contribution in [0.1, 0.15) is 10.4 Å². The van der Waals surface area contributed by atoms with E-state index in [0.717, 1.165) is 18.2 Å². The number of nitrogens with zero attached hydrogens (tertiary/aromatic N) is 1. The maximum Gasteiger partial charge on any atom is 0.573 e. The number of hydrogen-bond acceptors (Lipinski definition) is 5. The van der Waals surface area contributed by atoms with E-state index in [1.807, 2.05) is 0 Å². The molecule has 3 N–H and O–H groups in total. The first-order valence-electron chi connectivity index (χ1n) is 5.21. The number of carbonyl (C=O) groups excluding carboxylic acids is 1. The fourth-order valence-corrected chi connectivity index (χ4v) is 1.38. The van der Waals surface area contributed by atoms with Gasteiger partial charge in [-0.2, -0.15) is 0 Å². The van der Waals surface area contributed by atoms with Gasteiger partial charge in [0.1, 0.15) is 12.0 Å². The molecule has 0 unspecified atom stereocenters. The molecule has 0 radical (unpaired) electrons. The Kier molecular flexibility index (Phi) is 3.51. The molecule has 0 bridgehead atoms. The molecule has 0 saturated heterocycles. The highest BCUT2D eigenvalue weighted by molar-refractivity contribution is 6.04. The van der Waals surface area contributed by atoms with Gasteiger partial charge < -0.3 is 20.3 Å². The number of alkyl halides is 3. The van der Waals surface area contributed by atoms with Gasteiger partial charge in [-0.1, -0.05) is 5.16 Å². The molecule has 1 amide bonds. The average Bonchev–Trinajstić information content (AvgIpc) is 2.83. The molecule has 1 aromatic carbocycles. The standard InChI is InChI=1S/C11H8F3N3O3/c12-11(13,14)20-9-2-1-6(3-8(9)15)10(18)17-7-4-16-19-5-7/h1-5H,15H2,(H,17,18). The van der Waals surface area contributed by atoms with Gasteiger partial charge in [0, 0.05) is 5.56 Å². The number of rotatable bonds is 3. The fourth-order valence-electron chi connectivity index (χ4n) is 1.38. The first kappa shape index (κ1) is 13.7. The lowest BCUT2D eigenvalue weighted by atomic mass is 10.1. The summed E-state index contributed by atoms with van der Waals surface area (Å²) < 4.78 is 44.4. The van der Waals surface area contributed by atoms with E-state index in [1.54, 1.807) is 0 Å². The summed E-state index contributed by atoms with van der Waals surface area (Å²) in [6, 6.07) is 3.19. The number of carbonyl (C=O) groups is 1. The predicted molar refractivity (Wildman–Crippen MR) is 62.0 cm³/mol. The van der Waals surface area contributed by atoms with Gasteiger partial charge in [0.25, 0.3) is 5.91 Å². The lowest BCUT2D eigenvalue weighted by Gasteiger charge is -2.11. The highest BCUT2D eigenvalue weighted by Gasteiger charge is 2.32. The maximum atomic E-state index is 12.1. The Bertz CT molecular complexity index is 611. The van der Waals surface area contributed by atoms with Gasteiger partial charge >= 0.3 is 6.36 Å². The van der Waals surface area contributed by atoms with Gasteiger partial charge in [0.05, 0.1) is 11.9 Å². The third kappa shape index (κ3) is 3.40. The molecule has 2 rings (SSSR count). The highest BCUT2D eigenvalue weighted by atomic mass is 19.4. The summed E-state index contributed by atoms with van der Waals surface area (Å²) in [5.74, 6) is -1.14. The number of halogens is 3. The molecule has 0 aliphatic rings. The average molecular weight is 287 g/mol. The van der Waals surface area contributed by atoms with Crippen molar-refractivity contribution in [2.75, 3.05) is 11.1 Å². The first-order valence-corrected chi connectivity index (χ1v) is 5.21. The number of nitrogens with two attached hydrogens (primary N) is 1. The molecule has 106 valence electrons. The minimum absolute atomic E-state index is 0.0678. The van der Waals surface area contributed by atoms with E-state index < -0.39 is 18.0 Å². The lowest BCUT2D eigenvalue weighted by molar-refractivity contribution is -0.274. The minimum atomic E-state index is -4.85. The van der Waals surface area contributed by atoms with Crippen molar-refractivity contribution < 1.29 is 27.2 Å². The third-order valence-electron chi connectivity index (χ3n) is 2.19. The van der Waals surface area contributed by atoms with Gasteiger partial charge in [0.15, 0.2) is 5.75 Å². The lowest BCUT2D eigenvalue weighted by Crippen LogP contribution is -2.18. The second-order valence-electron chi connectivity index (χ2n) is 3.67. The van der Waals surface area contributed by atoms with E-state index in [9.17, 15) is 18.0 Å². The van der Waals surface area contributed by atoms with E-state index in [0.29, 0.717) is 5.69 Å². The van der Waals surface area contributed by atoms with E-state index in [1.165, 1.54) is 12.5 Å². The maximum absolute atomic E-state index is 12.1. The molecular formula is C11H8F3N3O3. The van der Waals surface area contributed by atoms with Crippen molar-refractivity contribution in [2.45, 2.75) is 6.36 Å². The number of ether oxygens (including phenoxy) is 1. The Labute approximate surface area is 110 Å². The second-order valence-corrected chi connectivity index (χ2v) is 3.67. The Morgan fingerprint density at radius 1 is 1.40 bits per heavy atom. The van der Waals surface area contributed by atoms with Gasteiger partial charge in [-0.05, 0) is 18.2 Å². The van der Waals surface area contributed by atoms with Crippen LogP contribution in [0.5, 0.6) is 5.75 Å². The Balaban J connectivity index is 2.14. The van der Waals surface area contributed by atoms with Crippen molar-refractivity contribution in [1.29, 1.82) is 0 Å². The van der Waals surface area contributed by atoms with Gasteiger partial charge in [0.2, 0.25) is 0 Å². The SMILES string of the molecule is Nc1cc(C(=O)Nc2cnoc2)ccc1OC(F)(F)F. The molecule has 0 spiro atoms. The predicted octanol–water partition coefficient (Wildman–Crippen LogP) is 2.41. The van der Waals surface area contributed by atoms with Crippen molar-refractivity contribution in [2.24, 2.45) is 0 Å². The molecule has 20 heavy (non-hydrogen) atoms. The van der Waals surface area contributed by atoms with E-state index in [4.69, 9.17) is 5.73 Å². The first-order chi connectivity index (χ1) is 9.35. The molecule has 1 heterocycles. The number of hydrogen-bond donors (Lipinski definition) is 2. The van der Waals surface area contributed by atoms with Crippen molar-refractivity contribution in [3.63, 3.8) is 0 Å². The Morgan fingerprint density at radius 2 is 2.15 bits per heavy atom. The zero-order chi connectivity index (χ0) is 14.8. The van der Waals surface area contributed by atoms with Crippen molar-refractivity contribution in [1.82, 2.24) is 5.16 Å². The summed E-state index contributed by atoms with van der Waals surface area (Å²) in [4.78, 5) is 11.8. The third-order valence-corrected chi connectivity index (χ3v) is 2.19. The topological polar surface area (TPSA) is 90.4 Å². The molecule has 1 aromatic heterocycles. The van der Waals surface area contributed by atoms with Crippen LogP contribution in [0.25, 0.3) is 0 Å². The number of nitrogens with one attached hydrogen (secondary N) is 1. The smallest absolute Gasteiger partial charge is 0.404 e. The van der Waals surface area contributed by atoms with Crippen LogP contribution in [0, 0.1) is 0 Å². The van der Waals surface area contributed by atoms with Crippen molar-refractivity contribution >= 4 is 17.3 Å². The monoisotopic (exact) mass is 287 g/mol. The number of amides is 1. The van der Waals surface area contributed by atoms with Crippen LogP contribution in [-0.2, 0) is 0 Å². The minimum Gasteiger partial charge on any atom is -0.404 e. The number of benzene rings is 1. The zero-order valence-electron chi connectivity index (χ0n) is 9.77. The highest BCUT2D eigenvalue weighted by Crippen LogP contribution is 2.29. The summed E-state index contributed by atoms with van der Waals surface area (Å²) in [5, 5.41) is 5.80. The van der Waals surface area contributed by atoms with Crippen LogP contribution in [0.3, 0.4) is 0 Å². The van der Waals surface area contributed by atoms with E-state index >= 15 is 0 Å². The number of nitrogen functional groups attached to an aromatic ring is 1. The molecule has 0 fully saturated rings.